The molecule has 2 aromatic carbocycles. The van der Waals surface area contributed by atoms with Crippen molar-refractivity contribution in [2.45, 2.75) is 32.4 Å². The predicted octanol–water partition coefficient (Wildman–Crippen LogP) is 4.13. The molecule has 6 nitrogen and oxygen atoms in total. The van der Waals surface area contributed by atoms with Crippen LogP contribution in [0.1, 0.15) is 34.5 Å². The highest BCUT2D eigenvalue weighted by molar-refractivity contribution is 5.93. The quantitative estimate of drug-likeness (QED) is 0.654. The second-order valence-electron chi connectivity index (χ2n) is 8.35. The van der Waals surface area contributed by atoms with Crippen molar-refractivity contribution in [3.63, 3.8) is 0 Å². The number of carbonyl (C=O) groups is 1. The molecule has 1 N–H and O–H groups in total. The lowest BCUT2D eigenvalue weighted by molar-refractivity contribution is 0.0563. The lowest BCUT2D eigenvalue weighted by Crippen LogP contribution is -2.46. The van der Waals surface area contributed by atoms with Crippen molar-refractivity contribution in [2.75, 3.05) is 27.2 Å². The molecule has 0 bridgehead atoms. The molecule has 1 saturated heterocycles. The number of carbonyl (C=O) groups excluding carboxylic acids is 1. The average molecular weight is 419 g/mol. The van der Waals surface area contributed by atoms with Crippen molar-refractivity contribution < 1.29 is 9.53 Å². The number of aryl methyl sites for hydroxylation is 1. The van der Waals surface area contributed by atoms with Crippen molar-refractivity contribution in [1.29, 1.82) is 0 Å². The Labute approximate surface area is 183 Å². The van der Waals surface area contributed by atoms with Gasteiger partial charge in [-0.05, 0) is 63.7 Å². The van der Waals surface area contributed by atoms with E-state index in [2.05, 4.69) is 41.2 Å². The van der Waals surface area contributed by atoms with Crippen LogP contribution in [-0.4, -0.2) is 59.2 Å². The van der Waals surface area contributed by atoms with Gasteiger partial charge in [-0.1, -0.05) is 42.0 Å². The number of likely N-dealkylation sites (tertiary alicyclic amines) is 1. The van der Waals surface area contributed by atoms with Gasteiger partial charge in [-0.2, -0.15) is 5.10 Å². The maximum absolute atomic E-state index is 13.6. The fourth-order valence-corrected chi connectivity index (χ4v) is 4.06. The van der Waals surface area contributed by atoms with E-state index < -0.39 is 0 Å². The predicted molar refractivity (Wildman–Crippen MR) is 122 cm³/mol. The number of aromatic amines is 1. The number of ether oxygens (including phenoxy) is 1. The van der Waals surface area contributed by atoms with Crippen molar-refractivity contribution >= 4 is 5.91 Å². The maximum Gasteiger partial charge on any atom is 0.272 e. The standard InChI is InChI=1S/C25H30N4O2/c1-18-4-8-20(9-5-18)23-16-24(27-26-23)25(30)29(21-12-14-28(2)15-13-21)17-19-6-10-22(31-3)11-7-19/h4-11,16,21H,12-15,17H2,1-3H3,(H,26,27). The lowest BCUT2D eigenvalue weighted by atomic mass is 10.0. The number of piperidine rings is 1. The minimum atomic E-state index is -0.00349. The molecule has 3 aromatic rings. The van der Waals surface area contributed by atoms with Crippen LogP contribution in [0.25, 0.3) is 11.3 Å². The van der Waals surface area contributed by atoms with Crippen LogP contribution < -0.4 is 4.74 Å². The van der Waals surface area contributed by atoms with E-state index in [-0.39, 0.29) is 11.9 Å². The monoisotopic (exact) mass is 418 g/mol. The fourth-order valence-electron chi connectivity index (χ4n) is 4.06. The summed E-state index contributed by atoms with van der Waals surface area (Å²) in [5.41, 5.74) is 4.61. The molecule has 0 spiro atoms. The van der Waals surface area contributed by atoms with Crippen LogP contribution in [0.4, 0.5) is 0 Å². The Morgan fingerprint density at radius 3 is 2.45 bits per heavy atom. The number of nitrogens with one attached hydrogen (secondary N) is 1. The number of methoxy groups -OCH3 is 1. The van der Waals surface area contributed by atoms with Gasteiger partial charge in [0, 0.05) is 18.2 Å². The van der Waals surface area contributed by atoms with Crippen LogP contribution >= 0.6 is 0 Å². The molecule has 0 atom stereocenters. The van der Waals surface area contributed by atoms with Gasteiger partial charge >= 0.3 is 0 Å². The van der Waals surface area contributed by atoms with Crippen molar-refractivity contribution in [3.05, 3.63) is 71.4 Å². The van der Waals surface area contributed by atoms with Crippen LogP contribution in [0, 0.1) is 6.92 Å². The first kappa shape index (κ1) is 21.1. The summed E-state index contributed by atoms with van der Waals surface area (Å²) < 4.78 is 5.27. The molecule has 1 aromatic heterocycles. The lowest BCUT2D eigenvalue weighted by Gasteiger charge is -2.37. The molecule has 4 rings (SSSR count). The third-order valence-corrected chi connectivity index (χ3v) is 6.06. The molecular weight excluding hydrogens is 388 g/mol. The molecule has 0 saturated carbocycles. The van der Waals surface area contributed by atoms with E-state index >= 15 is 0 Å². The number of aromatic nitrogens is 2. The van der Waals surface area contributed by atoms with Gasteiger partial charge in [0.1, 0.15) is 11.4 Å². The first-order valence-electron chi connectivity index (χ1n) is 10.8. The molecule has 162 valence electrons. The smallest absolute Gasteiger partial charge is 0.272 e. The summed E-state index contributed by atoms with van der Waals surface area (Å²) in [5.74, 6) is 0.813. The van der Waals surface area contributed by atoms with Gasteiger partial charge < -0.3 is 14.5 Å². The molecule has 1 aliphatic rings. The summed E-state index contributed by atoms with van der Waals surface area (Å²) in [4.78, 5) is 17.9. The number of amides is 1. The highest BCUT2D eigenvalue weighted by Crippen LogP contribution is 2.24. The zero-order valence-corrected chi connectivity index (χ0v) is 18.5. The number of benzene rings is 2. The van der Waals surface area contributed by atoms with E-state index in [1.807, 2.05) is 47.4 Å². The van der Waals surface area contributed by atoms with E-state index in [0.29, 0.717) is 12.2 Å². The molecule has 1 aliphatic heterocycles. The summed E-state index contributed by atoms with van der Waals surface area (Å²) in [6, 6.07) is 18.2. The number of H-pyrrole nitrogens is 1. The Hall–Kier alpha value is -3.12. The number of rotatable bonds is 6. The van der Waals surface area contributed by atoms with E-state index in [9.17, 15) is 4.79 Å². The number of hydrogen-bond donors (Lipinski definition) is 1. The molecule has 1 amide bonds. The minimum absolute atomic E-state index is 0.00349. The SMILES string of the molecule is COc1ccc(CN(C(=O)c2cc(-c3ccc(C)cc3)n[nH]2)C2CCN(C)CC2)cc1. The van der Waals surface area contributed by atoms with E-state index in [4.69, 9.17) is 4.74 Å². The Morgan fingerprint density at radius 2 is 1.81 bits per heavy atom. The average Bonchev–Trinajstić information content (AvgIpc) is 3.29. The molecule has 31 heavy (non-hydrogen) atoms. The van der Waals surface area contributed by atoms with Gasteiger partial charge in [0.2, 0.25) is 0 Å². The number of nitrogens with zero attached hydrogens (tertiary/aromatic N) is 3. The fraction of sp³-hybridized carbons (Fsp3) is 0.360. The summed E-state index contributed by atoms with van der Waals surface area (Å²) in [6.45, 7) is 4.61. The Balaban J connectivity index is 1.57. The van der Waals surface area contributed by atoms with Crippen LogP contribution in [0.5, 0.6) is 5.75 Å². The Bertz CT molecular complexity index is 1000. The van der Waals surface area contributed by atoms with Crippen molar-refractivity contribution in [2.24, 2.45) is 0 Å². The summed E-state index contributed by atoms with van der Waals surface area (Å²) in [6.07, 6.45) is 1.94. The summed E-state index contributed by atoms with van der Waals surface area (Å²) in [5, 5.41) is 7.39. The first-order valence-corrected chi connectivity index (χ1v) is 10.8. The van der Waals surface area contributed by atoms with Gasteiger partial charge in [0.15, 0.2) is 0 Å². The van der Waals surface area contributed by atoms with Gasteiger partial charge in [-0.25, -0.2) is 0 Å². The second kappa shape index (κ2) is 9.35. The molecule has 0 aliphatic carbocycles. The summed E-state index contributed by atoms with van der Waals surface area (Å²) >= 11 is 0. The largest absolute Gasteiger partial charge is 0.497 e. The van der Waals surface area contributed by atoms with Gasteiger partial charge in [-0.3, -0.25) is 9.89 Å². The molecule has 1 fully saturated rings. The van der Waals surface area contributed by atoms with Crippen LogP contribution in [0.3, 0.4) is 0 Å². The van der Waals surface area contributed by atoms with E-state index in [1.54, 1.807) is 7.11 Å². The van der Waals surface area contributed by atoms with Gasteiger partial charge in [-0.15, -0.1) is 0 Å². The normalized spacial score (nSPS) is 15.1. The molecule has 0 radical (unpaired) electrons. The Morgan fingerprint density at radius 1 is 1.13 bits per heavy atom. The highest BCUT2D eigenvalue weighted by Gasteiger charge is 2.29. The van der Waals surface area contributed by atoms with Crippen LogP contribution in [0.2, 0.25) is 0 Å². The Kier molecular flexibility index (Phi) is 6.37. The molecule has 2 heterocycles. The van der Waals surface area contributed by atoms with E-state index in [1.165, 1.54) is 5.56 Å². The van der Waals surface area contributed by atoms with Gasteiger partial charge in [0.25, 0.3) is 5.91 Å². The minimum Gasteiger partial charge on any atom is -0.497 e. The third-order valence-electron chi connectivity index (χ3n) is 6.06. The second-order valence-corrected chi connectivity index (χ2v) is 8.35. The zero-order chi connectivity index (χ0) is 21.8. The topological polar surface area (TPSA) is 61.5 Å². The van der Waals surface area contributed by atoms with Crippen LogP contribution in [-0.2, 0) is 6.54 Å². The molecular formula is C25H30N4O2. The molecule has 0 unspecified atom stereocenters. The molecule has 6 heteroatoms. The van der Waals surface area contributed by atoms with Crippen LogP contribution in [0.15, 0.2) is 54.6 Å². The highest BCUT2D eigenvalue weighted by atomic mass is 16.5. The van der Waals surface area contributed by atoms with Crippen molar-refractivity contribution in [3.8, 4) is 17.0 Å². The maximum atomic E-state index is 13.6. The third kappa shape index (κ3) is 4.97. The number of hydrogen-bond acceptors (Lipinski definition) is 4. The zero-order valence-electron chi connectivity index (χ0n) is 18.5. The first-order chi connectivity index (χ1) is 15.0. The van der Waals surface area contributed by atoms with Crippen molar-refractivity contribution in [1.82, 2.24) is 20.0 Å². The van der Waals surface area contributed by atoms with E-state index in [0.717, 1.165) is 48.5 Å². The van der Waals surface area contributed by atoms with Gasteiger partial charge in [0.05, 0.1) is 12.8 Å². The summed E-state index contributed by atoms with van der Waals surface area (Å²) in [7, 11) is 3.79.